The number of nitrogens with one attached hydrogen (secondary N) is 1. The fourth-order valence-corrected chi connectivity index (χ4v) is 4.29. The SMILES string of the molecule is CCCCOc1ccc(N2C(=O)NC(=O)/C(=C/c3cc(Cl)c(OCc4ccc(Cl)cc4)c(OCC)c3)C2=O)cc1. The van der Waals surface area contributed by atoms with E-state index in [1.807, 2.05) is 19.1 Å². The van der Waals surface area contributed by atoms with E-state index in [0.29, 0.717) is 46.7 Å². The van der Waals surface area contributed by atoms with Gasteiger partial charge in [-0.3, -0.25) is 14.9 Å². The molecule has 10 heteroatoms. The van der Waals surface area contributed by atoms with Gasteiger partial charge in [0.25, 0.3) is 11.8 Å². The number of hydrogen-bond acceptors (Lipinski definition) is 6. The number of halogens is 2. The van der Waals surface area contributed by atoms with Crippen molar-refractivity contribution in [3.05, 3.63) is 87.4 Å². The van der Waals surface area contributed by atoms with E-state index in [0.717, 1.165) is 23.3 Å². The Morgan fingerprint density at radius 3 is 2.30 bits per heavy atom. The first-order valence-corrected chi connectivity index (χ1v) is 13.5. The third-order valence-electron chi connectivity index (χ3n) is 5.90. The van der Waals surface area contributed by atoms with Crippen molar-refractivity contribution < 1.29 is 28.6 Å². The molecule has 8 nitrogen and oxygen atoms in total. The van der Waals surface area contributed by atoms with Gasteiger partial charge in [-0.15, -0.1) is 0 Å². The summed E-state index contributed by atoms with van der Waals surface area (Å²) in [7, 11) is 0. The van der Waals surface area contributed by atoms with Crippen LogP contribution in [0.4, 0.5) is 10.5 Å². The van der Waals surface area contributed by atoms with Gasteiger partial charge in [-0.25, -0.2) is 9.69 Å². The number of barbiturate groups is 1. The van der Waals surface area contributed by atoms with E-state index in [-0.39, 0.29) is 17.2 Å². The Balaban J connectivity index is 1.58. The molecule has 1 heterocycles. The Bertz CT molecular complexity index is 1420. The third kappa shape index (κ3) is 6.94. The topological polar surface area (TPSA) is 94.2 Å². The van der Waals surface area contributed by atoms with Gasteiger partial charge in [0.15, 0.2) is 11.5 Å². The molecule has 0 atom stereocenters. The maximum atomic E-state index is 13.3. The van der Waals surface area contributed by atoms with E-state index in [4.69, 9.17) is 37.4 Å². The van der Waals surface area contributed by atoms with Crippen LogP contribution in [0.3, 0.4) is 0 Å². The summed E-state index contributed by atoms with van der Waals surface area (Å²) >= 11 is 12.5. The molecule has 40 heavy (non-hydrogen) atoms. The summed E-state index contributed by atoms with van der Waals surface area (Å²) in [5.74, 6) is -0.317. The van der Waals surface area contributed by atoms with E-state index >= 15 is 0 Å². The fourth-order valence-electron chi connectivity index (χ4n) is 3.89. The van der Waals surface area contributed by atoms with Gasteiger partial charge in [0, 0.05) is 5.02 Å². The highest BCUT2D eigenvalue weighted by molar-refractivity contribution is 6.39. The molecule has 0 aliphatic carbocycles. The number of amides is 4. The Kier molecular flexibility index (Phi) is 9.69. The number of rotatable bonds is 11. The highest BCUT2D eigenvalue weighted by Crippen LogP contribution is 2.38. The lowest BCUT2D eigenvalue weighted by molar-refractivity contribution is -0.122. The van der Waals surface area contributed by atoms with Gasteiger partial charge >= 0.3 is 6.03 Å². The largest absolute Gasteiger partial charge is 0.494 e. The minimum Gasteiger partial charge on any atom is -0.494 e. The second kappa shape index (κ2) is 13.4. The Morgan fingerprint density at radius 1 is 0.900 bits per heavy atom. The van der Waals surface area contributed by atoms with Crippen molar-refractivity contribution in [2.75, 3.05) is 18.1 Å². The molecule has 0 unspecified atom stereocenters. The van der Waals surface area contributed by atoms with Crippen LogP contribution >= 0.6 is 23.2 Å². The second-order valence-electron chi connectivity index (χ2n) is 8.83. The molecule has 0 spiro atoms. The zero-order chi connectivity index (χ0) is 28.6. The standard InChI is InChI=1S/C30H28Cl2N2O6/c1-3-5-14-39-23-12-10-22(11-13-23)34-29(36)24(28(35)33-30(34)37)15-20-16-25(32)27(26(17-20)38-4-2)40-18-19-6-8-21(31)9-7-19/h6-13,15-17H,3-5,14,18H2,1-2H3,(H,33,35,37)/b24-15-. The average Bonchev–Trinajstić information content (AvgIpc) is 2.92. The summed E-state index contributed by atoms with van der Waals surface area (Å²) in [4.78, 5) is 39.5. The maximum Gasteiger partial charge on any atom is 0.335 e. The predicted molar refractivity (Wildman–Crippen MR) is 154 cm³/mol. The smallest absolute Gasteiger partial charge is 0.335 e. The Labute approximate surface area is 242 Å². The van der Waals surface area contributed by atoms with Crippen LogP contribution in [-0.2, 0) is 16.2 Å². The Hall–Kier alpha value is -4.01. The van der Waals surface area contributed by atoms with Gasteiger partial charge in [-0.2, -0.15) is 0 Å². The van der Waals surface area contributed by atoms with Crippen molar-refractivity contribution in [3.63, 3.8) is 0 Å². The number of ether oxygens (including phenoxy) is 3. The van der Waals surface area contributed by atoms with Gasteiger partial charge in [0.2, 0.25) is 0 Å². The molecule has 1 fully saturated rings. The number of benzene rings is 3. The highest BCUT2D eigenvalue weighted by Gasteiger charge is 2.37. The lowest BCUT2D eigenvalue weighted by Crippen LogP contribution is -2.54. The first kappa shape index (κ1) is 29.0. The van der Waals surface area contributed by atoms with Crippen molar-refractivity contribution in [2.24, 2.45) is 0 Å². The monoisotopic (exact) mass is 582 g/mol. The molecule has 208 valence electrons. The number of unbranched alkanes of at least 4 members (excludes halogenated alkanes) is 1. The number of carbonyl (C=O) groups excluding carboxylic acids is 3. The van der Waals surface area contributed by atoms with Crippen molar-refractivity contribution >= 4 is 52.8 Å². The van der Waals surface area contributed by atoms with Crippen LogP contribution < -0.4 is 24.4 Å². The minimum absolute atomic E-state index is 0.220. The summed E-state index contributed by atoms with van der Waals surface area (Å²) < 4.78 is 17.3. The summed E-state index contributed by atoms with van der Waals surface area (Å²) in [6, 6.07) is 16.0. The molecule has 0 bridgehead atoms. The van der Waals surface area contributed by atoms with Gasteiger partial charge in [0.05, 0.1) is 23.9 Å². The van der Waals surface area contributed by atoms with E-state index in [1.54, 1.807) is 48.5 Å². The van der Waals surface area contributed by atoms with Gasteiger partial charge in [0.1, 0.15) is 17.9 Å². The summed E-state index contributed by atoms with van der Waals surface area (Å²) in [6.07, 6.45) is 3.27. The molecule has 1 saturated heterocycles. The van der Waals surface area contributed by atoms with Crippen LogP contribution in [0.5, 0.6) is 17.2 Å². The van der Waals surface area contributed by atoms with E-state index in [1.165, 1.54) is 6.08 Å². The van der Waals surface area contributed by atoms with Crippen LogP contribution in [0.15, 0.2) is 66.2 Å². The first-order chi connectivity index (χ1) is 19.3. The lowest BCUT2D eigenvalue weighted by Gasteiger charge is -2.26. The van der Waals surface area contributed by atoms with Crippen LogP contribution in [0, 0.1) is 0 Å². The number of hydrogen-bond donors (Lipinski definition) is 1. The van der Waals surface area contributed by atoms with E-state index in [2.05, 4.69) is 12.2 Å². The van der Waals surface area contributed by atoms with Crippen LogP contribution in [-0.4, -0.2) is 31.1 Å². The van der Waals surface area contributed by atoms with Gasteiger partial charge in [-0.05, 0) is 79.1 Å². The molecule has 0 radical (unpaired) electrons. The molecule has 4 amide bonds. The molecule has 0 aromatic heterocycles. The number of imide groups is 2. The number of carbonyl (C=O) groups is 3. The number of urea groups is 1. The molecular weight excluding hydrogens is 555 g/mol. The van der Waals surface area contributed by atoms with Crippen LogP contribution in [0.25, 0.3) is 6.08 Å². The molecule has 1 aliphatic rings. The van der Waals surface area contributed by atoms with Crippen molar-refractivity contribution in [1.82, 2.24) is 5.32 Å². The molecule has 4 rings (SSSR count). The second-order valence-corrected chi connectivity index (χ2v) is 9.68. The molecule has 1 N–H and O–H groups in total. The number of anilines is 1. The third-order valence-corrected chi connectivity index (χ3v) is 6.44. The van der Waals surface area contributed by atoms with Gasteiger partial charge < -0.3 is 14.2 Å². The van der Waals surface area contributed by atoms with E-state index < -0.39 is 17.8 Å². The maximum absolute atomic E-state index is 13.3. The normalized spacial score (nSPS) is 14.3. The molecule has 3 aromatic rings. The van der Waals surface area contributed by atoms with Gasteiger partial charge in [-0.1, -0.05) is 48.7 Å². The Morgan fingerprint density at radius 2 is 1.62 bits per heavy atom. The van der Waals surface area contributed by atoms with Crippen LogP contribution in [0.2, 0.25) is 10.0 Å². The minimum atomic E-state index is -0.842. The quantitative estimate of drug-likeness (QED) is 0.151. The average molecular weight is 583 g/mol. The van der Waals surface area contributed by atoms with Crippen LogP contribution in [0.1, 0.15) is 37.8 Å². The van der Waals surface area contributed by atoms with E-state index in [9.17, 15) is 14.4 Å². The molecule has 0 saturated carbocycles. The molecule has 1 aliphatic heterocycles. The molecule has 3 aromatic carbocycles. The van der Waals surface area contributed by atoms with Crippen molar-refractivity contribution in [3.8, 4) is 17.2 Å². The summed E-state index contributed by atoms with van der Waals surface area (Å²) in [5, 5.41) is 3.06. The lowest BCUT2D eigenvalue weighted by atomic mass is 10.1. The van der Waals surface area contributed by atoms with Crippen molar-refractivity contribution in [1.29, 1.82) is 0 Å². The fraction of sp³-hybridized carbons (Fsp3) is 0.233. The predicted octanol–water partition coefficient (Wildman–Crippen LogP) is 6.82. The summed E-state index contributed by atoms with van der Waals surface area (Å²) in [5.41, 5.74) is 1.35. The van der Waals surface area contributed by atoms with Crippen molar-refractivity contribution in [2.45, 2.75) is 33.3 Å². The summed E-state index contributed by atoms with van der Waals surface area (Å²) in [6.45, 7) is 4.99. The zero-order valence-electron chi connectivity index (χ0n) is 22.0. The highest BCUT2D eigenvalue weighted by atomic mass is 35.5. The number of nitrogens with zero attached hydrogens (tertiary/aromatic N) is 1. The zero-order valence-corrected chi connectivity index (χ0v) is 23.6. The first-order valence-electron chi connectivity index (χ1n) is 12.8. The molecular formula is C30H28Cl2N2O6.